The van der Waals surface area contributed by atoms with E-state index in [0.29, 0.717) is 5.92 Å². The normalized spacial score (nSPS) is 17.3. The highest BCUT2D eigenvalue weighted by atomic mass is 16.5. The average Bonchev–Trinajstić information content (AvgIpc) is 3.20. The summed E-state index contributed by atoms with van der Waals surface area (Å²) in [6, 6.07) is 8.07. The molecular weight excluding hydrogens is 316 g/mol. The first kappa shape index (κ1) is 17.5. The second-order valence-corrected chi connectivity index (χ2v) is 7.09. The highest BCUT2D eigenvalue weighted by Crippen LogP contribution is 2.32. The second-order valence-electron chi connectivity index (χ2n) is 7.09. The van der Waals surface area contributed by atoms with Crippen molar-refractivity contribution in [2.24, 2.45) is 0 Å². The number of rotatable bonds is 5. The molecule has 2 aromatic rings. The molecule has 0 bridgehead atoms. The molecule has 1 amide bonds. The van der Waals surface area contributed by atoms with E-state index in [4.69, 9.17) is 9.26 Å². The van der Waals surface area contributed by atoms with Crippen LogP contribution in [0, 0.1) is 13.8 Å². The first-order valence-corrected chi connectivity index (χ1v) is 8.91. The standard InChI is InChI=1S/C20H26N2O3/c1-13(2)16-8-7-14(3)10-19(16)24-12-20(23)22-9-5-6-18(22)17-11-15(4)25-21-17/h7-8,10-11,13,18H,5-6,9,12H2,1-4H3/t18-/m0/s1. The minimum atomic E-state index is -0.00405. The zero-order valence-corrected chi connectivity index (χ0v) is 15.4. The minimum Gasteiger partial charge on any atom is -0.483 e. The number of carbonyl (C=O) groups excluding carboxylic acids is 1. The number of ether oxygens (including phenoxy) is 1. The second kappa shape index (κ2) is 7.30. The maximum Gasteiger partial charge on any atom is 0.261 e. The van der Waals surface area contributed by atoms with Crippen LogP contribution in [0.1, 0.15) is 61.2 Å². The summed E-state index contributed by atoms with van der Waals surface area (Å²) in [6.07, 6.45) is 1.89. The van der Waals surface area contributed by atoms with Gasteiger partial charge in [-0.2, -0.15) is 0 Å². The van der Waals surface area contributed by atoms with Crippen LogP contribution in [0.5, 0.6) is 5.75 Å². The fraction of sp³-hybridized carbons (Fsp3) is 0.500. The van der Waals surface area contributed by atoms with Crippen LogP contribution >= 0.6 is 0 Å². The molecule has 1 aliphatic rings. The van der Waals surface area contributed by atoms with Gasteiger partial charge in [-0.15, -0.1) is 0 Å². The van der Waals surface area contributed by atoms with Crippen LogP contribution < -0.4 is 4.74 Å². The first-order valence-electron chi connectivity index (χ1n) is 8.91. The number of likely N-dealkylation sites (tertiary alicyclic amines) is 1. The Morgan fingerprint density at radius 2 is 2.16 bits per heavy atom. The van der Waals surface area contributed by atoms with E-state index in [1.807, 2.05) is 30.9 Å². The lowest BCUT2D eigenvalue weighted by Gasteiger charge is -2.23. The molecule has 1 aromatic carbocycles. The molecule has 5 heteroatoms. The first-order chi connectivity index (χ1) is 12.0. The van der Waals surface area contributed by atoms with Crippen LogP contribution in [0.2, 0.25) is 0 Å². The molecule has 0 radical (unpaired) electrons. The van der Waals surface area contributed by atoms with Crippen molar-refractivity contribution in [3.63, 3.8) is 0 Å². The summed E-state index contributed by atoms with van der Waals surface area (Å²) in [7, 11) is 0. The van der Waals surface area contributed by atoms with Gasteiger partial charge in [0.25, 0.3) is 5.91 Å². The number of hydrogen-bond acceptors (Lipinski definition) is 4. The molecule has 0 unspecified atom stereocenters. The minimum absolute atomic E-state index is 0.000588. The molecular formula is C20H26N2O3. The lowest BCUT2D eigenvalue weighted by atomic mass is 10.0. The van der Waals surface area contributed by atoms with Gasteiger partial charge in [-0.3, -0.25) is 4.79 Å². The fourth-order valence-electron chi connectivity index (χ4n) is 3.38. The predicted octanol–water partition coefficient (Wildman–Crippen LogP) is 4.16. The monoisotopic (exact) mass is 342 g/mol. The maximum absolute atomic E-state index is 12.7. The van der Waals surface area contributed by atoms with Gasteiger partial charge in [0.05, 0.1) is 6.04 Å². The molecule has 25 heavy (non-hydrogen) atoms. The van der Waals surface area contributed by atoms with E-state index in [2.05, 4.69) is 31.1 Å². The Hall–Kier alpha value is -2.30. The van der Waals surface area contributed by atoms with E-state index in [1.54, 1.807) is 0 Å². The van der Waals surface area contributed by atoms with E-state index >= 15 is 0 Å². The maximum atomic E-state index is 12.7. The summed E-state index contributed by atoms with van der Waals surface area (Å²) in [4.78, 5) is 14.6. The molecule has 5 nitrogen and oxygen atoms in total. The molecule has 0 spiro atoms. The topological polar surface area (TPSA) is 55.6 Å². The molecule has 0 N–H and O–H groups in total. The number of hydrogen-bond donors (Lipinski definition) is 0. The number of aromatic nitrogens is 1. The number of benzene rings is 1. The number of nitrogens with zero attached hydrogens (tertiary/aromatic N) is 2. The largest absolute Gasteiger partial charge is 0.483 e. The Bertz CT molecular complexity index is 751. The smallest absolute Gasteiger partial charge is 0.261 e. The van der Waals surface area contributed by atoms with Crippen molar-refractivity contribution in [3.05, 3.63) is 46.8 Å². The summed E-state index contributed by atoms with van der Waals surface area (Å²) in [5.74, 6) is 1.92. The average molecular weight is 342 g/mol. The quantitative estimate of drug-likeness (QED) is 0.819. The fourth-order valence-corrected chi connectivity index (χ4v) is 3.38. The zero-order valence-electron chi connectivity index (χ0n) is 15.4. The lowest BCUT2D eigenvalue weighted by molar-refractivity contribution is -0.134. The van der Waals surface area contributed by atoms with Crippen molar-refractivity contribution in [1.29, 1.82) is 0 Å². The van der Waals surface area contributed by atoms with Gasteiger partial charge in [0.15, 0.2) is 6.61 Å². The van der Waals surface area contributed by atoms with Crippen LogP contribution in [0.25, 0.3) is 0 Å². The van der Waals surface area contributed by atoms with Gasteiger partial charge < -0.3 is 14.2 Å². The molecule has 1 fully saturated rings. The molecule has 1 atom stereocenters. The highest BCUT2D eigenvalue weighted by Gasteiger charge is 2.32. The zero-order chi connectivity index (χ0) is 18.0. The van der Waals surface area contributed by atoms with Crippen molar-refractivity contribution >= 4 is 5.91 Å². The van der Waals surface area contributed by atoms with Crippen molar-refractivity contribution in [2.45, 2.75) is 52.5 Å². The predicted molar refractivity (Wildman–Crippen MR) is 95.7 cm³/mol. The van der Waals surface area contributed by atoms with Crippen molar-refractivity contribution in [2.75, 3.05) is 13.2 Å². The Kier molecular flexibility index (Phi) is 5.11. The molecule has 134 valence electrons. The van der Waals surface area contributed by atoms with E-state index in [-0.39, 0.29) is 18.6 Å². The van der Waals surface area contributed by atoms with E-state index in [0.717, 1.165) is 47.7 Å². The van der Waals surface area contributed by atoms with Gasteiger partial charge in [-0.05, 0) is 49.8 Å². The molecule has 0 saturated carbocycles. The van der Waals surface area contributed by atoms with E-state index < -0.39 is 0 Å². The summed E-state index contributed by atoms with van der Waals surface area (Å²) >= 11 is 0. The Balaban J connectivity index is 1.69. The number of carbonyl (C=O) groups is 1. The molecule has 3 rings (SSSR count). The molecule has 2 heterocycles. The third-order valence-corrected chi connectivity index (χ3v) is 4.70. The summed E-state index contributed by atoms with van der Waals surface area (Å²) in [5, 5.41) is 4.09. The van der Waals surface area contributed by atoms with Crippen LogP contribution in [0.3, 0.4) is 0 Å². The van der Waals surface area contributed by atoms with Crippen molar-refractivity contribution < 1.29 is 14.1 Å². The molecule has 1 saturated heterocycles. The number of amides is 1. The Labute approximate surface area is 148 Å². The van der Waals surface area contributed by atoms with Crippen molar-refractivity contribution in [3.8, 4) is 5.75 Å². The van der Waals surface area contributed by atoms with E-state index in [9.17, 15) is 4.79 Å². The van der Waals surface area contributed by atoms with Gasteiger partial charge in [0, 0.05) is 12.6 Å². The summed E-state index contributed by atoms with van der Waals surface area (Å²) in [6.45, 7) is 8.94. The molecule has 1 aromatic heterocycles. The number of aryl methyl sites for hydroxylation is 2. The molecule has 1 aliphatic heterocycles. The third kappa shape index (κ3) is 3.86. The van der Waals surface area contributed by atoms with Crippen LogP contribution in [-0.2, 0) is 4.79 Å². The van der Waals surface area contributed by atoms with E-state index in [1.165, 1.54) is 0 Å². The van der Waals surface area contributed by atoms with Crippen LogP contribution in [-0.4, -0.2) is 29.1 Å². The van der Waals surface area contributed by atoms with Gasteiger partial charge in [0.2, 0.25) is 0 Å². The highest BCUT2D eigenvalue weighted by molar-refractivity contribution is 5.78. The van der Waals surface area contributed by atoms with Gasteiger partial charge in [-0.25, -0.2) is 0 Å². The summed E-state index contributed by atoms with van der Waals surface area (Å²) < 4.78 is 11.1. The van der Waals surface area contributed by atoms with Crippen LogP contribution in [0.4, 0.5) is 0 Å². The van der Waals surface area contributed by atoms with Crippen molar-refractivity contribution in [1.82, 2.24) is 10.1 Å². The van der Waals surface area contributed by atoms with Gasteiger partial charge >= 0.3 is 0 Å². The third-order valence-electron chi connectivity index (χ3n) is 4.70. The molecule has 0 aliphatic carbocycles. The van der Waals surface area contributed by atoms with Gasteiger partial charge in [-0.1, -0.05) is 31.1 Å². The Morgan fingerprint density at radius 3 is 2.84 bits per heavy atom. The lowest BCUT2D eigenvalue weighted by Crippen LogP contribution is -2.34. The van der Waals surface area contributed by atoms with Gasteiger partial charge in [0.1, 0.15) is 17.2 Å². The van der Waals surface area contributed by atoms with Crippen LogP contribution in [0.15, 0.2) is 28.8 Å². The Morgan fingerprint density at radius 1 is 1.36 bits per heavy atom. The SMILES string of the molecule is Cc1ccc(C(C)C)c(OCC(=O)N2CCC[C@H]2c2cc(C)on2)c1. The summed E-state index contributed by atoms with van der Waals surface area (Å²) in [5.41, 5.74) is 3.09.